The Kier molecular flexibility index (Phi) is 13.7. The molecule has 0 bridgehead atoms. The third-order valence-electron chi connectivity index (χ3n) is 4.34. The maximum absolute atomic E-state index is 12.7. The highest BCUT2D eigenvalue weighted by Crippen LogP contribution is 2.06. The molecule has 13 nitrogen and oxygen atoms in total. The van der Waals surface area contributed by atoms with Crippen molar-refractivity contribution in [2.24, 2.45) is 17.4 Å². The lowest BCUT2D eigenvalue weighted by atomic mass is 10.0. The second-order valence-electron chi connectivity index (χ2n) is 7.81. The third kappa shape index (κ3) is 12.7. The van der Waals surface area contributed by atoms with Crippen molar-refractivity contribution in [2.75, 3.05) is 12.0 Å². The molecule has 0 aromatic carbocycles. The number of primary amides is 1. The van der Waals surface area contributed by atoms with Gasteiger partial charge in [-0.05, 0) is 30.8 Å². The predicted molar refractivity (Wildman–Crippen MR) is 120 cm³/mol. The van der Waals surface area contributed by atoms with Crippen molar-refractivity contribution in [1.82, 2.24) is 16.0 Å². The van der Waals surface area contributed by atoms with E-state index in [1.165, 1.54) is 11.8 Å². The Balaban J connectivity index is 5.50. The summed E-state index contributed by atoms with van der Waals surface area (Å²) in [5.74, 6) is -6.03. The average Bonchev–Trinajstić information content (AvgIpc) is 2.68. The highest BCUT2D eigenvalue weighted by molar-refractivity contribution is 7.98. The van der Waals surface area contributed by atoms with Crippen LogP contribution in [0.3, 0.4) is 0 Å². The Morgan fingerprint density at radius 3 is 1.76 bits per heavy atom. The van der Waals surface area contributed by atoms with Crippen LogP contribution in [-0.2, 0) is 28.8 Å². The van der Waals surface area contributed by atoms with E-state index in [9.17, 15) is 33.9 Å². The van der Waals surface area contributed by atoms with Crippen LogP contribution in [0.25, 0.3) is 0 Å². The Hall–Kier alpha value is -2.87. The van der Waals surface area contributed by atoms with Crippen LogP contribution in [0.5, 0.6) is 0 Å². The Morgan fingerprint density at radius 2 is 1.33 bits per heavy atom. The fraction of sp³-hybridized carbons (Fsp3) is 0.684. The molecule has 188 valence electrons. The van der Waals surface area contributed by atoms with Gasteiger partial charge in [-0.3, -0.25) is 24.0 Å². The molecule has 0 heterocycles. The van der Waals surface area contributed by atoms with Crippen molar-refractivity contribution < 1.29 is 39.0 Å². The summed E-state index contributed by atoms with van der Waals surface area (Å²) in [5, 5.41) is 25.0. The molecule has 0 fully saturated rings. The van der Waals surface area contributed by atoms with Gasteiger partial charge >= 0.3 is 11.9 Å². The van der Waals surface area contributed by atoms with E-state index in [2.05, 4.69) is 16.0 Å². The average molecular weight is 492 g/mol. The second-order valence-corrected chi connectivity index (χ2v) is 8.79. The molecule has 4 unspecified atom stereocenters. The lowest BCUT2D eigenvalue weighted by Gasteiger charge is -2.24. The van der Waals surface area contributed by atoms with Crippen molar-refractivity contribution in [2.45, 2.75) is 63.7 Å². The van der Waals surface area contributed by atoms with Crippen molar-refractivity contribution in [3.8, 4) is 0 Å². The molecule has 4 atom stereocenters. The predicted octanol–water partition coefficient (Wildman–Crippen LogP) is -2.00. The van der Waals surface area contributed by atoms with Gasteiger partial charge in [-0.2, -0.15) is 11.8 Å². The van der Waals surface area contributed by atoms with Crippen LogP contribution in [0.1, 0.15) is 39.5 Å². The largest absolute Gasteiger partial charge is 0.481 e. The highest BCUT2D eigenvalue weighted by Gasteiger charge is 2.32. The molecule has 0 saturated carbocycles. The Morgan fingerprint density at radius 1 is 0.848 bits per heavy atom. The summed E-state index contributed by atoms with van der Waals surface area (Å²) in [5.41, 5.74) is 10.9. The first-order valence-corrected chi connectivity index (χ1v) is 11.6. The molecule has 4 amide bonds. The number of rotatable bonds is 16. The molecular formula is C19H33N5O8S. The zero-order valence-corrected chi connectivity index (χ0v) is 19.6. The van der Waals surface area contributed by atoms with Gasteiger partial charge in [-0.25, -0.2) is 4.79 Å². The van der Waals surface area contributed by atoms with Crippen LogP contribution in [0.15, 0.2) is 0 Å². The molecule has 9 N–H and O–H groups in total. The van der Waals surface area contributed by atoms with Crippen molar-refractivity contribution in [3.63, 3.8) is 0 Å². The number of carbonyl (C=O) groups is 6. The minimum absolute atomic E-state index is 0.0735. The summed E-state index contributed by atoms with van der Waals surface area (Å²) in [4.78, 5) is 71.4. The number of amides is 4. The van der Waals surface area contributed by atoms with E-state index < -0.39 is 72.6 Å². The molecular weight excluding hydrogens is 458 g/mol. The number of carbonyl (C=O) groups excluding carboxylic acids is 4. The smallest absolute Gasteiger partial charge is 0.326 e. The quantitative estimate of drug-likeness (QED) is 0.125. The maximum Gasteiger partial charge on any atom is 0.326 e. The molecule has 0 radical (unpaired) electrons. The van der Waals surface area contributed by atoms with E-state index in [0.29, 0.717) is 12.2 Å². The highest BCUT2D eigenvalue weighted by atomic mass is 32.2. The number of aliphatic carboxylic acids is 2. The first-order valence-electron chi connectivity index (χ1n) is 10.2. The maximum atomic E-state index is 12.7. The lowest BCUT2D eigenvalue weighted by Crippen LogP contribution is -2.58. The van der Waals surface area contributed by atoms with E-state index in [0.717, 1.165) is 0 Å². The minimum atomic E-state index is -1.66. The van der Waals surface area contributed by atoms with Crippen LogP contribution in [0, 0.1) is 5.92 Å². The minimum Gasteiger partial charge on any atom is -0.481 e. The summed E-state index contributed by atoms with van der Waals surface area (Å²) >= 11 is 1.35. The van der Waals surface area contributed by atoms with Gasteiger partial charge in [0.25, 0.3) is 0 Å². The lowest BCUT2D eigenvalue weighted by molar-refractivity contribution is -0.144. The molecule has 0 aliphatic heterocycles. The van der Waals surface area contributed by atoms with Crippen molar-refractivity contribution in [1.29, 1.82) is 0 Å². The summed E-state index contributed by atoms with van der Waals surface area (Å²) < 4.78 is 0. The fourth-order valence-electron chi connectivity index (χ4n) is 2.73. The first kappa shape index (κ1) is 30.1. The van der Waals surface area contributed by atoms with Crippen LogP contribution in [0.4, 0.5) is 0 Å². The van der Waals surface area contributed by atoms with Crippen LogP contribution in [0.2, 0.25) is 0 Å². The summed E-state index contributed by atoms with van der Waals surface area (Å²) in [7, 11) is 0. The number of carboxylic acid groups (broad SMARTS) is 2. The van der Waals surface area contributed by atoms with Gasteiger partial charge < -0.3 is 37.6 Å². The van der Waals surface area contributed by atoms with Gasteiger partial charge in [0, 0.05) is 0 Å². The van der Waals surface area contributed by atoms with Crippen molar-refractivity contribution >= 4 is 47.3 Å². The standard InChI is InChI=1S/C19H33N5O8S/c1-9(2)6-10(20)16(28)23-12(7-14(21)25)17(29)24-13(8-15(26)27)18(30)22-11(19(31)32)4-5-33-3/h9-13H,4-8,20H2,1-3H3,(H2,21,25)(H,22,30)(H,23,28)(H,24,29)(H,26,27)(H,31,32). The van der Waals surface area contributed by atoms with E-state index in [1.54, 1.807) is 6.26 Å². The zero-order chi connectivity index (χ0) is 25.7. The number of hydrogen-bond donors (Lipinski definition) is 7. The van der Waals surface area contributed by atoms with Gasteiger partial charge in [0.15, 0.2) is 0 Å². The Labute approximate surface area is 195 Å². The fourth-order valence-corrected chi connectivity index (χ4v) is 3.20. The normalized spacial score (nSPS) is 14.5. The number of thioether (sulfide) groups is 1. The van der Waals surface area contributed by atoms with Crippen LogP contribution < -0.4 is 27.4 Å². The SMILES string of the molecule is CSCCC(NC(=O)C(CC(=O)O)NC(=O)C(CC(N)=O)NC(=O)C(N)CC(C)C)C(=O)O. The topological polar surface area (TPSA) is 231 Å². The van der Waals surface area contributed by atoms with Gasteiger partial charge in [-0.1, -0.05) is 13.8 Å². The summed E-state index contributed by atoms with van der Waals surface area (Å²) in [6.45, 7) is 3.67. The number of nitrogens with two attached hydrogens (primary N) is 2. The van der Waals surface area contributed by atoms with E-state index in [4.69, 9.17) is 16.6 Å². The Bertz CT molecular complexity index is 733. The van der Waals surface area contributed by atoms with E-state index >= 15 is 0 Å². The van der Waals surface area contributed by atoms with E-state index in [-0.39, 0.29) is 12.3 Å². The molecule has 0 aromatic rings. The molecule has 0 aliphatic carbocycles. The molecule has 14 heteroatoms. The zero-order valence-electron chi connectivity index (χ0n) is 18.8. The molecule has 0 rings (SSSR count). The summed E-state index contributed by atoms with van der Waals surface area (Å²) in [6.07, 6.45) is 0.626. The van der Waals surface area contributed by atoms with E-state index in [1.807, 2.05) is 13.8 Å². The van der Waals surface area contributed by atoms with Gasteiger partial charge in [0.05, 0.1) is 18.9 Å². The molecule has 0 aromatic heterocycles. The van der Waals surface area contributed by atoms with Gasteiger partial charge in [-0.15, -0.1) is 0 Å². The monoisotopic (exact) mass is 491 g/mol. The second kappa shape index (κ2) is 15.1. The molecule has 0 saturated heterocycles. The van der Waals surface area contributed by atoms with Crippen LogP contribution >= 0.6 is 11.8 Å². The third-order valence-corrected chi connectivity index (χ3v) is 4.98. The van der Waals surface area contributed by atoms with Gasteiger partial charge in [0.2, 0.25) is 23.6 Å². The number of carboxylic acids is 2. The number of hydrogen-bond acceptors (Lipinski definition) is 8. The van der Waals surface area contributed by atoms with Gasteiger partial charge in [0.1, 0.15) is 18.1 Å². The first-order chi connectivity index (χ1) is 15.3. The molecule has 33 heavy (non-hydrogen) atoms. The van der Waals surface area contributed by atoms with Crippen molar-refractivity contribution in [3.05, 3.63) is 0 Å². The van der Waals surface area contributed by atoms with Crippen LogP contribution in [-0.4, -0.2) is 82.0 Å². The summed E-state index contributed by atoms with van der Waals surface area (Å²) in [6, 6.07) is -5.45. The number of nitrogens with one attached hydrogen (secondary N) is 3. The molecule has 0 spiro atoms. The molecule has 0 aliphatic rings.